The van der Waals surface area contributed by atoms with Crippen molar-refractivity contribution in [3.05, 3.63) is 35.4 Å². The molecule has 0 saturated heterocycles. The normalized spacial score (nSPS) is 15.1. The highest BCUT2D eigenvalue weighted by Crippen LogP contribution is 2.29. The maximum Gasteiger partial charge on any atom is 0.351 e. The number of benzene rings is 1. The summed E-state index contributed by atoms with van der Waals surface area (Å²) >= 11 is 0. The molecule has 1 aliphatic rings. The molecule has 2 rings (SSSR count). The zero-order valence-corrected chi connectivity index (χ0v) is 9.80. The Labute approximate surface area is 104 Å². The van der Waals surface area contributed by atoms with Gasteiger partial charge in [0.25, 0.3) is 0 Å². The van der Waals surface area contributed by atoms with Crippen LogP contribution in [0.4, 0.5) is 5.69 Å². The predicted octanol–water partition coefficient (Wildman–Crippen LogP) is 1.94. The zero-order valence-electron chi connectivity index (χ0n) is 9.80. The summed E-state index contributed by atoms with van der Waals surface area (Å²) in [6.45, 7) is 1.91. The van der Waals surface area contributed by atoms with Crippen molar-refractivity contribution in [2.24, 2.45) is 4.99 Å². The number of fused-ring (bicyclic) bond motifs is 1. The number of anilines is 1. The van der Waals surface area contributed by atoms with E-state index in [4.69, 9.17) is 10.00 Å². The van der Waals surface area contributed by atoms with Gasteiger partial charge in [-0.1, -0.05) is 18.2 Å². The van der Waals surface area contributed by atoms with Crippen molar-refractivity contribution in [3.63, 3.8) is 0 Å². The highest BCUT2D eigenvalue weighted by molar-refractivity contribution is 6.06. The molecule has 0 aromatic heterocycles. The van der Waals surface area contributed by atoms with Gasteiger partial charge in [0.1, 0.15) is 6.07 Å². The van der Waals surface area contributed by atoms with E-state index in [-0.39, 0.29) is 12.2 Å². The minimum Gasteiger partial charge on any atom is -0.462 e. The van der Waals surface area contributed by atoms with Crippen molar-refractivity contribution in [2.75, 3.05) is 11.9 Å². The smallest absolute Gasteiger partial charge is 0.351 e. The number of nitrogens with one attached hydrogen (secondary N) is 1. The number of aliphatic imine (C=N–C) groups is 1. The third kappa shape index (κ3) is 2.09. The molecular weight excluding hydrogens is 230 g/mol. The van der Waals surface area contributed by atoms with E-state index in [0.717, 1.165) is 5.69 Å². The molecule has 0 aliphatic carbocycles. The SMILES string of the molecule is CCOC(=O)C(C#N)=C1N=CNc2ccccc21. The maximum absolute atomic E-state index is 11.7. The Morgan fingerprint density at radius 1 is 1.50 bits per heavy atom. The zero-order chi connectivity index (χ0) is 13.0. The van der Waals surface area contributed by atoms with Crippen LogP contribution in [0.5, 0.6) is 0 Å². The molecule has 0 spiro atoms. The van der Waals surface area contributed by atoms with E-state index in [1.54, 1.807) is 13.0 Å². The molecule has 5 nitrogen and oxygen atoms in total. The molecule has 1 N–H and O–H groups in total. The van der Waals surface area contributed by atoms with Crippen LogP contribution in [0.3, 0.4) is 0 Å². The van der Waals surface area contributed by atoms with Crippen molar-refractivity contribution in [1.29, 1.82) is 5.26 Å². The number of esters is 1. The minimum absolute atomic E-state index is 0.0814. The molecule has 90 valence electrons. The van der Waals surface area contributed by atoms with Gasteiger partial charge in [0.05, 0.1) is 18.6 Å². The Bertz CT molecular complexity index is 582. The van der Waals surface area contributed by atoms with Gasteiger partial charge in [0, 0.05) is 11.3 Å². The summed E-state index contributed by atoms with van der Waals surface area (Å²) in [5, 5.41) is 12.1. The molecular formula is C13H11N3O2. The number of hydrogen-bond donors (Lipinski definition) is 1. The van der Waals surface area contributed by atoms with Gasteiger partial charge >= 0.3 is 5.97 Å². The van der Waals surface area contributed by atoms with Crippen LogP contribution in [0.1, 0.15) is 12.5 Å². The Morgan fingerprint density at radius 2 is 2.28 bits per heavy atom. The second-order valence-electron chi connectivity index (χ2n) is 3.50. The third-order valence-corrected chi connectivity index (χ3v) is 2.42. The highest BCUT2D eigenvalue weighted by Gasteiger charge is 2.21. The molecule has 0 atom stereocenters. The Kier molecular flexibility index (Phi) is 3.39. The molecule has 18 heavy (non-hydrogen) atoms. The van der Waals surface area contributed by atoms with Gasteiger partial charge in [0.2, 0.25) is 0 Å². The lowest BCUT2D eigenvalue weighted by molar-refractivity contribution is -0.137. The molecule has 1 aromatic carbocycles. The average molecular weight is 241 g/mol. The van der Waals surface area contributed by atoms with Crippen LogP contribution in [-0.4, -0.2) is 18.9 Å². The Balaban J connectivity index is 2.54. The number of carbonyl (C=O) groups excluding carboxylic acids is 1. The van der Waals surface area contributed by atoms with E-state index >= 15 is 0 Å². The lowest BCUT2D eigenvalue weighted by atomic mass is 10.0. The molecule has 0 fully saturated rings. The van der Waals surface area contributed by atoms with Crippen LogP contribution in [0.15, 0.2) is 34.8 Å². The standard InChI is InChI=1S/C13H11N3O2/c1-2-18-13(17)10(7-14)12-9-5-3-4-6-11(9)15-8-16-12/h3-6,8H,2H2,1H3,(H,15,16). The first-order valence-electron chi connectivity index (χ1n) is 5.48. The summed E-state index contributed by atoms with van der Waals surface area (Å²) in [5.74, 6) is -0.649. The molecule has 1 heterocycles. The Hall–Kier alpha value is -2.61. The van der Waals surface area contributed by atoms with Crippen molar-refractivity contribution in [3.8, 4) is 6.07 Å². The molecule has 5 heteroatoms. The van der Waals surface area contributed by atoms with Crippen LogP contribution < -0.4 is 5.32 Å². The number of ether oxygens (including phenoxy) is 1. The van der Waals surface area contributed by atoms with E-state index in [9.17, 15) is 4.79 Å². The van der Waals surface area contributed by atoms with Crippen molar-refractivity contribution in [2.45, 2.75) is 6.92 Å². The summed E-state index contributed by atoms with van der Waals surface area (Å²) in [5.41, 5.74) is 1.77. The fourth-order valence-electron chi connectivity index (χ4n) is 1.65. The van der Waals surface area contributed by atoms with E-state index < -0.39 is 5.97 Å². The summed E-state index contributed by atoms with van der Waals surface area (Å²) in [6, 6.07) is 9.19. The summed E-state index contributed by atoms with van der Waals surface area (Å²) in [7, 11) is 0. The van der Waals surface area contributed by atoms with Crippen LogP contribution in [0, 0.1) is 11.3 Å². The summed E-state index contributed by atoms with van der Waals surface area (Å²) in [4.78, 5) is 15.8. The first-order chi connectivity index (χ1) is 8.77. The number of nitrogens with zero attached hydrogens (tertiary/aromatic N) is 2. The number of para-hydroxylation sites is 1. The first kappa shape index (κ1) is 11.9. The van der Waals surface area contributed by atoms with Crippen molar-refractivity contribution in [1.82, 2.24) is 0 Å². The number of rotatable bonds is 2. The molecule has 0 bridgehead atoms. The Morgan fingerprint density at radius 3 is 3.00 bits per heavy atom. The van der Waals surface area contributed by atoms with Gasteiger partial charge in [-0.2, -0.15) is 5.26 Å². The fraction of sp³-hybridized carbons (Fsp3) is 0.154. The quantitative estimate of drug-likeness (QED) is 0.487. The highest BCUT2D eigenvalue weighted by atomic mass is 16.5. The third-order valence-electron chi connectivity index (χ3n) is 2.42. The first-order valence-corrected chi connectivity index (χ1v) is 5.48. The maximum atomic E-state index is 11.7. The average Bonchev–Trinajstić information content (AvgIpc) is 2.40. The van der Waals surface area contributed by atoms with Crippen molar-refractivity contribution < 1.29 is 9.53 Å². The molecule has 0 radical (unpaired) electrons. The minimum atomic E-state index is -0.649. The largest absolute Gasteiger partial charge is 0.462 e. The van der Waals surface area contributed by atoms with Gasteiger partial charge in [-0.15, -0.1) is 0 Å². The molecule has 1 aliphatic heterocycles. The second-order valence-corrected chi connectivity index (χ2v) is 3.50. The van der Waals surface area contributed by atoms with Gasteiger partial charge < -0.3 is 10.1 Å². The molecule has 0 unspecified atom stereocenters. The van der Waals surface area contributed by atoms with Crippen molar-refractivity contribution >= 4 is 23.7 Å². The van der Waals surface area contributed by atoms with E-state index in [1.807, 2.05) is 24.3 Å². The number of carbonyl (C=O) groups is 1. The van der Waals surface area contributed by atoms with Gasteiger partial charge in [0.15, 0.2) is 5.57 Å². The van der Waals surface area contributed by atoms with E-state index in [1.165, 1.54) is 6.34 Å². The van der Waals surface area contributed by atoms with Gasteiger partial charge in [-0.25, -0.2) is 9.79 Å². The molecule has 1 aromatic rings. The lowest BCUT2D eigenvalue weighted by Crippen LogP contribution is -2.11. The molecule has 0 amide bonds. The predicted molar refractivity (Wildman–Crippen MR) is 67.7 cm³/mol. The van der Waals surface area contributed by atoms with Crippen LogP contribution in [0.2, 0.25) is 0 Å². The van der Waals surface area contributed by atoms with Gasteiger partial charge in [-0.3, -0.25) is 0 Å². The van der Waals surface area contributed by atoms with Crippen LogP contribution >= 0.6 is 0 Å². The number of hydrogen-bond acceptors (Lipinski definition) is 5. The number of nitriles is 1. The van der Waals surface area contributed by atoms with E-state index in [0.29, 0.717) is 11.3 Å². The lowest BCUT2D eigenvalue weighted by Gasteiger charge is -2.15. The molecule has 0 saturated carbocycles. The second kappa shape index (κ2) is 5.15. The topological polar surface area (TPSA) is 74.5 Å². The monoisotopic (exact) mass is 241 g/mol. The summed E-state index contributed by atoms with van der Waals surface area (Å²) < 4.78 is 4.85. The van der Waals surface area contributed by atoms with Crippen LogP contribution in [-0.2, 0) is 9.53 Å². The van der Waals surface area contributed by atoms with E-state index in [2.05, 4.69) is 10.3 Å². The summed E-state index contributed by atoms with van der Waals surface area (Å²) in [6.07, 6.45) is 1.45. The van der Waals surface area contributed by atoms with Crippen LogP contribution in [0.25, 0.3) is 5.70 Å². The fourth-order valence-corrected chi connectivity index (χ4v) is 1.65. The van der Waals surface area contributed by atoms with Gasteiger partial charge in [-0.05, 0) is 13.0 Å².